The predicted molar refractivity (Wildman–Crippen MR) is 159 cm³/mol. The van der Waals surface area contributed by atoms with E-state index in [0.717, 1.165) is 48.7 Å². The molecule has 10 nitrogen and oxygen atoms in total. The molecule has 1 fully saturated rings. The van der Waals surface area contributed by atoms with E-state index in [2.05, 4.69) is 53.7 Å². The molecule has 3 aromatic heterocycles. The second-order valence-electron chi connectivity index (χ2n) is 10.5. The van der Waals surface area contributed by atoms with E-state index in [0.29, 0.717) is 47.9 Å². The predicted octanol–water partition coefficient (Wildman–Crippen LogP) is 4.12. The molecule has 1 aliphatic heterocycles. The van der Waals surface area contributed by atoms with Gasteiger partial charge in [0.15, 0.2) is 5.82 Å². The summed E-state index contributed by atoms with van der Waals surface area (Å²) in [5, 5.41) is 6.65. The van der Waals surface area contributed by atoms with Gasteiger partial charge in [0, 0.05) is 56.4 Å². The van der Waals surface area contributed by atoms with Crippen LogP contribution < -0.4 is 15.5 Å². The van der Waals surface area contributed by atoms with Crippen LogP contribution in [0.25, 0.3) is 11.5 Å². The van der Waals surface area contributed by atoms with Gasteiger partial charge in [0.05, 0.1) is 13.0 Å². The Balaban J connectivity index is 1.32. The molecule has 4 aromatic rings. The molecule has 5 rings (SSSR count). The summed E-state index contributed by atoms with van der Waals surface area (Å²) in [6.07, 6.45) is 4.18. The van der Waals surface area contributed by atoms with Gasteiger partial charge in [-0.1, -0.05) is 32.0 Å². The number of anilines is 3. The molecule has 0 radical (unpaired) electrons. The number of piperazine rings is 1. The van der Waals surface area contributed by atoms with Crippen LogP contribution in [-0.2, 0) is 22.4 Å². The molecule has 0 unspecified atom stereocenters. The van der Waals surface area contributed by atoms with Gasteiger partial charge in [-0.25, -0.2) is 24.9 Å². The lowest BCUT2D eigenvalue weighted by Crippen LogP contribution is -2.44. The fraction of sp³-hybridized carbons (Fsp3) is 0.355. The molecule has 0 aliphatic carbocycles. The third-order valence-electron chi connectivity index (χ3n) is 6.61. The van der Waals surface area contributed by atoms with Crippen molar-refractivity contribution in [3.05, 3.63) is 83.6 Å². The standard InChI is InChI=1S/C31H36N8O2/c1-21(2)20-41-30(40)19-24-17-23(7-8-26(24)39-15-13-32-14-16-39)18-29-33-11-9-27(37-29)36-28-10-12-34-31(38-28)25-6-4-5-22(3)35-25/h4-12,17,21,32H,13-16,18-20H2,1-3H3,(H,33,34,36,37,38). The molecular weight excluding hydrogens is 516 g/mol. The van der Waals surface area contributed by atoms with E-state index in [-0.39, 0.29) is 12.4 Å². The zero-order valence-electron chi connectivity index (χ0n) is 23.8. The summed E-state index contributed by atoms with van der Waals surface area (Å²) < 4.78 is 5.51. The summed E-state index contributed by atoms with van der Waals surface area (Å²) in [5.41, 5.74) is 4.69. The van der Waals surface area contributed by atoms with E-state index in [9.17, 15) is 4.79 Å². The highest BCUT2D eigenvalue weighted by atomic mass is 16.5. The molecule has 41 heavy (non-hydrogen) atoms. The van der Waals surface area contributed by atoms with Crippen LogP contribution in [0.1, 0.15) is 36.5 Å². The van der Waals surface area contributed by atoms with Crippen molar-refractivity contribution < 1.29 is 9.53 Å². The molecule has 2 N–H and O–H groups in total. The van der Waals surface area contributed by atoms with E-state index in [1.165, 1.54) is 0 Å². The van der Waals surface area contributed by atoms with Crippen molar-refractivity contribution in [2.75, 3.05) is 43.0 Å². The van der Waals surface area contributed by atoms with Crippen molar-refractivity contribution >= 4 is 23.3 Å². The number of nitrogens with zero attached hydrogens (tertiary/aromatic N) is 6. The molecule has 0 amide bonds. The minimum absolute atomic E-state index is 0.209. The first kappa shape index (κ1) is 28.1. The van der Waals surface area contributed by atoms with Gasteiger partial charge in [0.25, 0.3) is 0 Å². The highest BCUT2D eigenvalue weighted by Crippen LogP contribution is 2.25. The Kier molecular flexibility index (Phi) is 9.10. The lowest BCUT2D eigenvalue weighted by Gasteiger charge is -2.31. The van der Waals surface area contributed by atoms with E-state index < -0.39 is 0 Å². The number of ether oxygens (including phenoxy) is 1. The number of esters is 1. The molecule has 1 saturated heterocycles. The highest BCUT2D eigenvalue weighted by Gasteiger charge is 2.18. The lowest BCUT2D eigenvalue weighted by atomic mass is 10.0. The summed E-state index contributed by atoms with van der Waals surface area (Å²) in [5.74, 6) is 2.53. The van der Waals surface area contributed by atoms with Crippen molar-refractivity contribution in [2.24, 2.45) is 5.92 Å². The number of hydrogen-bond acceptors (Lipinski definition) is 10. The molecule has 0 atom stereocenters. The zero-order chi connectivity index (χ0) is 28.6. The number of carbonyl (C=O) groups is 1. The summed E-state index contributed by atoms with van der Waals surface area (Å²) >= 11 is 0. The van der Waals surface area contributed by atoms with Gasteiger partial charge in [-0.2, -0.15) is 0 Å². The minimum atomic E-state index is -0.209. The third kappa shape index (κ3) is 7.82. The summed E-state index contributed by atoms with van der Waals surface area (Å²) in [7, 11) is 0. The Morgan fingerprint density at radius 3 is 2.56 bits per heavy atom. The summed E-state index contributed by atoms with van der Waals surface area (Å²) in [6.45, 7) is 10.1. The molecule has 0 spiro atoms. The smallest absolute Gasteiger partial charge is 0.310 e. The molecule has 0 saturated carbocycles. The minimum Gasteiger partial charge on any atom is -0.465 e. The maximum Gasteiger partial charge on any atom is 0.310 e. The van der Waals surface area contributed by atoms with E-state index in [1.807, 2.05) is 39.0 Å². The Morgan fingerprint density at radius 2 is 1.78 bits per heavy atom. The summed E-state index contributed by atoms with van der Waals surface area (Å²) in [4.78, 5) is 37.7. The molecule has 4 heterocycles. The maximum absolute atomic E-state index is 12.7. The first-order chi connectivity index (χ1) is 19.9. The second kappa shape index (κ2) is 13.3. The molecule has 1 aromatic carbocycles. The number of hydrogen-bond donors (Lipinski definition) is 2. The van der Waals surface area contributed by atoms with Crippen LogP contribution in [0, 0.1) is 12.8 Å². The van der Waals surface area contributed by atoms with Gasteiger partial charge in [-0.3, -0.25) is 4.79 Å². The van der Waals surface area contributed by atoms with Gasteiger partial charge < -0.3 is 20.3 Å². The number of nitrogens with one attached hydrogen (secondary N) is 2. The molecule has 0 bridgehead atoms. The SMILES string of the molecule is Cc1cccc(-c2nccc(Nc3ccnc(Cc4ccc(N5CCNCC5)c(CC(=O)OCC(C)C)c4)n3)n2)n1. The van der Waals surface area contributed by atoms with Gasteiger partial charge in [0.1, 0.15) is 23.2 Å². The molecular formula is C31H36N8O2. The van der Waals surface area contributed by atoms with E-state index >= 15 is 0 Å². The van der Waals surface area contributed by atoms with Gasteiger partial charge in [-0.15, -0.1) is 0 Å². The fourth-order valence-electron chi connectivity index (χ4n) is 4.66. The average molecular weight is 553 g/mol. The van der Waals surface area contributed by atoms with Crippen molar-refractivity contribution in [1.29, 1.82) is 0 Å². The number of carbonyl (C=O) groups excluding carboxylic acids is 1. The van der Waals surface area contributed by atoms with Crippen LogP contribution in [0.2, 0.25) is 0 Å². The highest BCUT2D eigenvalue weighted by molar-refractivity contribution is 5.76. The number of benzene rings is 1. The first-order valence-electron chi connectivity index (χ1n) is 14.0. The Hall–Kier alpha value is -4.44. The average Bonchev–Trinajstić information content (AvgIpc) is 2.97. The maximum atomic E-state index is 12.7. The van der Waals surface area contributed by atoms with E-state index in [1.54, 1.807) is 24.5 Å². The monoisotopic (exact) mass is 552 g/mol. The first-order valence-corrected chi connectivity index (χ1v) is 14.0. The third-order valence-corrected chi connectivity index (χ3v) is 6.61. The van der Waals surface area contributed by atoms with Crippen molar-refractivity contribution in [1.82, 2.24) is 30.2 Å². The Labute approximate surface area is 240 Å². The Bertz CT molecular complexity index is 1490. The van der Waals surface area contributed by atoms with Crippen molar-refractivity contribution in [3.8, 4) is 11.5 Å². The molecule has 10 heteroatoms. The van der Waals surface area contributed by atoms with Gasteiger partial charge in [-0.05, 0) is 54.3 Å². The number of aryl methyl sites for hydroxylation is 1. The van der Waals surface area contributed by atoms with Crippen LogP contribution >= 0.6 is 0 Å². The zero-order valence-corrected chi connectivity index (χ0v) is 23.8. The molecule has 1 aliphatic rings. The number of rotatable bonds is 10. The molecule has 212 valence electrons. The van der Waals surface area contributed by atoms with E-state index in [4.69, 9.17) is 9.72 Å². The van der Waals surface area contributed by atoms with Crippen LogP contribution in [0.15, 0.2) is 60.9 Å². The van der Waals surface area contributed by atoms with Crippen LogP contribution in [0.5, 0.6) is 0 Å². The second-order valence-corrected chi connectivity index (χ2v) is 10.5. The van der Waals surface area contributed by atoms with Crippen molar-refractivity contribution in [2.45, 2.75) is 33.6 Å². The summed E-state index contributed by atoms with van der Waals surface area (Å²) in [6, 6.07) is 15.7. The quantitative estimate of drug-likeness (QED) is 0.278. The lowest BCUT2D eigenvalue weighted by molar-refractivity contribution is -0.143. The number of aromatic nitrogens is 5. The normalized spacial score (nSPS) is 13.3. The van der Waals surface area contributed by atoms with Crippen molar-refractivity contribution in [3.63, 3.8) is 0 Å². The van der Waals surface area contributed by atoms with Gasteiger partial charge in [0.2, 0.25) is 0 Å². The topological polar surface area (TPSA) is 118 Å². The number of pyridine rings is 1. The Morgan fingerprint density at radius 1 is 1.00 bits per heavy atom. The largest absolute Gasteiger partial charge is 0.465 e. The van der Waals surface area contributed by atoms with Crippen LogP contribution in [-0.4, -0.2) is 63.7 Å². The fourth-order valence-corrected chi connectivity index (χ4v) is 4.66. The van der Waals surface area contributed by atoms with Gasteiger partial charge >= 0.3 is 5.97 Å². The van der Waals surface area contributed by atoms with Crippen LogP contribution in [0.3, 0.4) is 0 Å². The van der Waals surface area contributed by atoms with Crippen LogP contribution in [0.4, 0.5) is 17.3 Å².